The van der Waals surface area contributed by atoms with E-state index in [0.29, 0.717) is 61.4 Å². The molecule has 0 fully saturated rings. The molecule has 1 aliphatic heterocycles. The number of carbonyl (C=O) groups excluding carboxylic acids is 1. The van der Waals surface area contributed by atoms with Gasteiger partial charge in [-0.05, 0) is 73.3 Å². The van der Waals surface area contributed by atoms with Crippen LogP contribution in [0.5, 0.6) is 23.0 Å². The fourth-order valence-corrected chi connectivity index (χ4v) is 5.19. The molecule has 44 heavy (non-hydrogen) atoms. The van der Waals surface area contributed by atoms with Crippen molar-refractivity contribution in [2.75, 3.05) is 19.8 Å². The fraction of sp³-hybridized carbons (Fsp3) is 0.286. The van der Waals surface area contributed by atoms with Crippen LogP contribution in [0, 0.1) is 18.3 Å². The van der Waals surface area contributed by atoms with E-state index >= 15 is 0 Å². The van der Waals surface area contributed by atoms with Gasteiger partial charge in [-0.15, -0.1) is 0 Å². The first-order valence-electron chi connectivity index (χ1n) is 14.5. The van der Waals surface area contributed by atoms with Gasteiger partial charge in [0.1, 0.15) is 49.8 Å². The summed E-state index contributed by atoms with van der Waals surface area (Å²) in [6, 6.07) is 19.6. The maximum absolute atomic E-state index is 11.3. The number of hydrogen-bond donors (Lipinski definition) is 1. The number of carbonyl (C=O) groups is 1. The Morgan fingerprint density at radius 2 is 1.82 bits per heavy atom. The monoisotopic (exact) mass is 611 g/mol. The van der Waals surface area contributed by atoms with Crippen LogP contribution in [-0.2, 0) is 24.6 Å². The van der Waals surface area contributed by atoms with Crippen LogP contribution in [0.4, 0.5) is 0 Å². The van der Waals surface area contributed by atoms with E-state index in [9.17, 15) is 10.1 Å². The van der Waals surface area contributed by atoms with Crippen molar-refractivity contribution >= 4 is 17.4 Å². The highest BCUT2D eigenvalue weighted by molar-refractivity contribution is 6.32. The Labute approximate surface area is 262 Å². The molecule has 0 aliphatic carbocycles. The minimum Gasteiger partial charge on any atom is -0.488 e. The number of fused-ring (bicyclic) bond motifs is 1. The number of halogens is 1. The molecule has 0 saturated carbocycles. The molecule has 1 aliphatic rings. The zero-order chi connectivity index (χ0) is 30.9. The molecule has 9 heteroatoms. The number of Topliss-reactive ketones (excluding diaryl/α,β-unsaturated/α-hetero) is 1. The van der Waals surface area contributed by atoms with Crippen LogP contribution in [0.2, 0.25) is 5.02 Å². The van der Waals surface area contributed by atoms with Crippen LogP contribution in [-0.4, -0.2) is 30.5 Å². The van der Waals surface area contributed by atoms with Crippen molar-refractivity contribution in [3.8, 4) is 40.2 Å². The smallest absolute Gasteiger partial charge is 0.161 e. The van der Waals surface area contributed by atoms with Crippen molar-refractivity contribution in [1.82, 2.24) is 10.3 Å². The highest BCUT2D eigenvalue weighted by atomic mass is 35.5. The predicted molar refractivity (Wildman–Crippen MR) is 168 cm³/mol. The zero-order valence-corrected chi connectivity index (χ0v) is 25.6. The first-order valence-corrected chi connectivity index (χ1v) is 14.9. The molecule has 8 nitrogen and oxygen atoms in total. The SMILES string of the molecule is CC(=O)CCCNCc1cc(Cl)c(OCc2cccc(-c3ccc4c(c3)OCCO4)c2C)cc1OCc1cncc(C#N)c1. The Kier molecular flexibility index (Phi) is 10.3. The van der Waals surface area contributed by atoms with E-state index in [1.165, 1.54) is 6.20 Å². The summed E-state index contributed by atoms with van der Waals surface area (Å²) in [6.45, 7) is 6.47. The molecule has 226 valence electrons. The molecule has 3 aromatic carbocycles. The van der Waals surface area contributed by atoms with Crippen LogP contribution in [0.15, 0.2) is 67.0 Å². The highest BCUT2D eigenvalue weighted by Gasteiger charge is 2.16. The Hall–Kier alpha value is -4.58. The number of ketones is 1. The summed E-state index contributed by atoms with van der Waals surface area (Å²) in [5.74, 6) is 2.77. The molecule has 5 rings (SSSR count). The van der Waals surface area contributed by atoms with Crippen LogP contribution < -0.4 is 24.3 Å². The Morgan fingerprint density at radius 3 is 2.64 bits per heavy atom. The van der Waals surface area contributed by atoms with Crippen LogP contribution in [0.3, 0.4) is 0 Å². The number of nitrogens with zero attached hydrogens (tertiary/aromatic N) is 2. The molecule has 0 radical (unpaired) electrons. The maximum Gasteiger partial charge on any atom is 0.161 e. The number of aromatic nitrogens is 1. The summed E-state index contributed by atoms with van der Waals surface area (Å²) in [7, 11) is 0. The summed E-state index contributed by atoms with van der Waals surface area (Å²) in [5.41, 5.74) is 6.32. The molecule has 1 N–H and O–H groups in total. The predicted octanol–water partition coefficient (Wildman–Crippen LogP) is 6.97. The fourth-order valence-electron chi connectivity index (χ4n) is 4.95. The number of nitriles is 1. The van der Waals surface area contributed by atoms with Gasteiger partial charge in [-0.1, -0.05) is 35.9 Å². The normalized spacial score (nSPS) is 12.0. The number of rotatable bonds is 13. The molecule has 0 saturated heterocycles. The van der Waals surface area contributed by atoms with Gasteiger partial charge in [-0.2, -0.15) is 5.26 Å². The molecule has 0 amide bonds. The lowest BCUT2D eigenvalue weighted by Gasteiger charge is -2.20. The molecular weight excluding hydrogens is 578 g/mol. The number of pyridine rings is 1. The van der Waals surface area contributed by atoms with Gasteiger partial charge in [-0.3, -0.25) is 4.98 Å². The maximum atomic E-state index is 11.3. The second-order valence-electron chi connectivity index (χ2n) is 10.6. The molecule has 0 bridgehead atoms. The van der Waals surface area contributed by atoms with Crippen molar-refractivity contribution in [1.29, 1.82) is 5.26 Å². The third kappa shape index (κ3) is 7.87. The van der Waals surface area contributed by atoms with E-state index in [4.69, 9.17) is 30.5 Å². The number of hydrogen-bond acceptors (Lipinski definition) is 8. The van der Waals surface area contributed by atoms with Crippen molar-refractivity contribution in [3.05, 3.63) is 99.8 Å². The summed E-state index contributed by atoms with van der Waals surface area (Å²) >= 11 is 6.72. The first kappa shape index (κ1) is 30.9. The number of ether oxygens (including phenoxy) is 4. The minimum absolute atomic E-state index is 0.167. The van der Waals surface area contributed by atoms with E-state index in [1.807, 2.05) is 36.4 Å². The molecule has 4 aromatic rings. The first-order chi connectivity index (χ1) is 21.4. The van der Waals surface area contributed by atoms with E-state index in [2.05, 4.69) is 29.4 Å². The van der Waals surface area contributed by atoms with Gasteiger partial charge in [-0.25, -0.2) is 0 Å². The Morgan fingerprint density at radius 1 is 1.00 bits per heavy atom. The Bertz CT molecular complexity index is 1680. The lowest BCUT2D eigenvalue weighted by atomic mass is 9.96. The standard InChI is InChI=1S/C35H34ClN3O5/c1-23(40)5-4-10-38-20-29-14-31(36)34(16-33(29)43-21-26-13-25(17-37)18-39-19-26)44-22-28-6-3-7-30(24(28)2)27-8-9-32-35(15-27)42-12-11-41-32/h3,6-9,13-16,18-19,38H,4-5,10-12,20-22H2,1-2H3. The van der Waals surface area contributed by atoms with Gasteiger partial charge in [0.25, 0.3) is 0 Å². The molecule has 1 aromatic heterocycles. The van der Waals surface area contributed by atoms with Crippen LogP contribution in [0.25, 0.3) is 11.1 Å². The van der Waals surface area contributed by atoms with E-state index in [1.54, 1.807) is 25.3 Å². The summed E-state index contributed by atoms with van der Waals surface area (Å²) in [6.07, 6.45) is 4.46. The van der Waals surface area contributed by atoms with Gasteiger partial charge < -0.3 is 29.1 Å². The topological polar surface area (TPSA) is 103 Å². The third-order valence-electron chi connectivity index (χ3n) is 7.31. The third-order valence-corrected chi connectivity index (χ3v) is 7.61. The Balaban J connectivity index is 1.33. The van der Waals surface area contributed by atoms with Crippen LogP contribution in [0.1, 0.15) is 47.6 Å². The largest absolute Gasteiger partial charge is 0.488 e. The number of nitrogens with one attached hydrogen (secondary N) is 1. The molecular formula is C35H34ClN3O5. The van der Waals surface area contributed by atoms with Crippen molar-refractivity contribution < 1.29 is 23.7 Å². The van der Waals surface area contributed by atoms with Crippen molar-refractivity contribution in [2.45, 2.75) is 46.4 Å². The van der Waals surface area contributed by atoms with Crippen molar-refractivity contribution in [3.63, 3.8) is 0 Å². The van der Waals surface area contributed by atoms with Crippen molar-refractivity contribution in [2.24, 2.45) is 0 Å². The second-order valence-corrected chi connectivity index (χ2v) is 11.0. The molecule has 0 unspecified atom stereocenters. The second kappa shape index (κ2) is 14.7. The average molecular weight is 612 g/mol. The van der Waals surface area contributed by atoms with E-state index < -0.39 is 0 Å². The lowest BCUT2D eigenvalue weighted by molar-refractivity contribution is -0.117. The summed E-state index contributed by atoms with van der Waals surface area (Å²) in [5, 5.41) is 13.1. The van der Waals surface area contributed by atoms with Crippen LogP contribution >= 0.6 is 11.6 Å². The van der Waals surface area contributed by atoms with Gasteiger partial charge in [0.05, 0.1) is 10.6 Å². The molecule has 2 heterocycles. The summed E-state index contributed by atoms with van der Waals surface area (Å²) < 4.78 is 23.9. The minimum atomic E-state index is 0.167. The van der Waals surface area contributed by atoms with Gasteiger partial charge >= 0.3 is 0 Å². The van der Waals surface area contributed by atoms with E-state index in [-0.39, 0.29) is 12.4 Å². The van der Waals surface area contributed by atoms with Gasteiger partial charge in [0.2, 0.25) is 0 Å². The highest BCUT2D eigenvalue weighted by Crippen LogP contribution is 2.37. The number of benzene rings is 3. The van der Waals surface area contributed by atoms with E-state index in [0.717, 1.165) is 51.3 Å². The van der Waals surface area contributed by atoms with Gasteiger partial charge in [0.15, 0.2) is 11.5 Å². The molecule has 0 spiro atoms. The molecule has 0 atom stereocenters. The van der Waals surface area contributed by atoms with Gasteiger partial charge in [0, 0.05) is 42.6 Å². The average Bonchev–Trinajstić information content (AvgIpc) is 3.04. The lowest BCUT2D eigenvalue weighted by Crippen LogP contribution is -2.16. The quantitative estimate of drug-likeness (QED) is 0.162. The summed E-state index contributed by atoms with van der Waals surface area (Å²) in [4.78, 5) is 15.4. The zero-order valence-electron chi connectivity index (χ0n) is 24.8.